The summed E-state index contributed by atoms with van der Waals surface area (Å²) in [5.74, 6) is -1.31. The highest BCUT2D eigenvalue weighted by Gasteiger charge is 2.19. The van der Waals surface area contributed by atoms with E-state index in [-0.39, 0.29) is 18.7 Å². The minimum absolute atomic E-state index is 0.218. The lowest BCUT2D eigenvalue weighted by Crippen LogP contribution is -2.15. The van der Waals surface area contributed by atoms with Crippen LogP contribution in [0.3, 0.4) is 0 Å². The minimum Gasteiger partial charge on any atom is -0.367 e. The predicted octanol–water partition coefficient (Wildman–Crippen LogP) is 5.83. The van der Waals surface area contributed by atoms with Crippen molar-refractivity contribution in [3.8, 4) is 11.3 Å². The largest absolute Gasteiger partial charge is 0.367 e. The van der Waals surface area contributed by atoms with Gasteiger partial charge in [-0.05, 0) is 23.8 Å². The fourth-order valence-electron chi connectivity index (χ4n) is 3.08. The van der Waals surface area contributed by atoms with Crippen LogP contribution in [0.4, 0.5) is 8.78 Å². The average Bonchev–Trinajstić information content (AvgIpc) is 3.22. The van der Waals surface area contributed by atoms with E-state index in [9.17, 15) is 8.78 Å². The fraction of sp³-hybridized carbons (Fsp3) is 0.130. The summed E-state index contributed by atoms with van der Waals surface area (Å²) >= 11 is 5.92. The van der Waals surface area contributed by atoms with E-state index in [1.54, 1.807) is 23.0 Å². The van der Waals surface area contributed by atoms with E-state index >= 15 is 0 Å². The van der Waals surface area contributed by atoms with E-state index in [4.69, 9.17) is 16.3 Å². The molecule has 0 bridgehead atoms. The summed E-state index contributed by atoms with van der Waals surface area (Å²) in [6.45, 7) is 0.453. The molecule has 0 aliphatic rings. The monoisotopic (exact) mass is 425 g/mol. The Morgan fingerprint density at radius 1 is 0.967 bits per heavy atom. The number of hydrogen-bond acceptors (Lipinski definition) is 3. The summed E-state index contributed by atoms with van der Waals surface area (Å²) in [5, 5.41) is 8.95. The third kappa shape index (κ3) is 4.90. The van der Waals surface area contributed by atoms with Crippen LogP contribution in [0.2, 0.25) is 5.02 Å². The van der Waals surface area contributed by atoms with Crippen LogP contribution < -0.4 is 0 Å². The Kier molecular flexibility index (Phi) is 6.16. The number of nitrogens with zero attached hydrogens (tertiary/aromatic N) is 3. The molecular formula is C23H18ClF2N3O. The Balaban J connectivity index is 1.57. The summed E-state index contributed by atoms with van der Waals surface area (Å²) in [4.78, 5) is 0. The molecule has 0 fully saturated rings. The molecule has 4 nitrogen and oxygen atoms in total. The van der Waals surface area contributed by atoms with E-state index < -0.39 is 17.7 Å². The van der Waals surface area contributed by atoms with Crippen molar-refractivity contribution < 1.29 is 13.5 Å². The van der Waals surface area contributed by atoms with Gasteiger partial charge in [0.2, 0.25) is 0 Å². The van der Waals surface area contributed by atoms with Crippen molar-refractivity contribution >= 4 is 11.6 Å². The Morgan fingerprint density at radius 3 is 2.47 bits per heavy atom. The second-order valence-electron chi connectivity index (χ2n) is 6.78. The highest BCUT2D eigenvalue weighted by molar-refractivity contribution is 6.30. The number of halogens is 3. The van der Waals surface area contributed by atoms with E-state index in [1.807, 2.05) is 42.5 Å². The van der Waals surface area contributed by atoms with E-state index in [0.29, 0.717) is 10.7 Å². The summed E-state index contributed by atoms with van der Waals surface area (Å²) in [6, 6.07) is 20.3. The standard InChI is InChI=1S/C23H18ClF2N3O/c24-18-8-6-16(7-9-18)15-30-23(20-11-10-19(25)12-21(20)26)14-29-13-22(27-28-29)17-4-2-1-3-5-17/h1-13,23H,14-15H2. The van der Waals surface area contributed by atoms with Crippen LogP contribution in [0.1, 0.15) is 17.2 Å². The van der Waals surface area contributed by atoms with Gasteiger partial charge < -0.3 is 4.74 Å². The topological polar surface area (TPSA) is 39.9 Å². The molecule has 0 N–H and O–H groups in total. The summed E-state index contributed by atoms with van der Waals surface area (Å²) in [7, 11) is 0. The van der Waals surface area contributed by atoms with Gasteiger partial charge in [0, 0.05) is 22.2 Å². The predicted molar refractivity (Wildman–Crippen MR) is 111 cm³/mol. The lowest BCUT2D eigenvalue weighted by Gasteiger charge is -2.19. The second-order valence-corrected chi connectivity index (χ2v) is 7.22. The van der Waals surface area contributed by atoms with Gasteiger partial charge in [-0.3, -0.25) is 0 Å². The molecule has 4 aromatic rings. The molecule has 0 saturated carbocycles. The van der Waals surface area contributed by atoms with E-state index in [2.05, 4.69) is 10.3 Å². The van der Waals surface area contributed by atoms with Gasteiger partial charge in [-0.2, -0.15) is 0 Å². The van der Waals surface area contributed by atoms with Crippen molar-refractivity contribution in [2.75, 3.05) is 0 Å². The second kappa shape index (κ2) is 9.15. The molecule has 0 radical (unpaired) electrons. The highest BCUT2D eigenvalue weighted by atomic mass is 35.5. The average molecular weight is 426 g/mol. The SMILES string of the molecule is Fc1ccc(C(Cn2cc(-c3ccccc3)nn2)OCc2ccc(Cl)cc2)c(F)c1. The van der Waals surface area contributed by atoms with E-state index in [0.717, 1.165) is 17.2 Å². The summed E-state index contributed by atoms with van der Waals surface area (Å²) in [6.07, 6.45) is 1.08. The van der Waals surface area contributed by atoms with Gasteiger partial charge in [0.1, 0.15) is 23.4 Å². The van der Waals surface area contributed by atoms with Gasteiger partial charge in [-0.1, -0.05) is 65.3 Å². The zero-order valence-corrected chi connectivity index (χ0v) is 16.6. The first-order valence-electron chi connectivity index (χ1n) is 9.35. The van der Waals surface area contributed by atoms with E-state index in [1.165, 1.54) is 12.1 Å². The Morgan fingerprint density at radius 2 is 1.73 bits per heavy atom. The number of hydrogen-bond donors (Lipinski definition) is 0. The molecule has 0 saturated heterocycles. The molecule has 1 aromatic heterocycles. The van der Waals surface area contributed by atoms with Gasteiger partial charge in [-0.25, -0.2) is 13.5 Å². The molecule has 0 amide bonds. The van der Waals surface area contributed by atoms with Crippen molar-refractivity contribution in [1.29, 1.82) is 0 Å². The van der Waals surface area contributed by atoms with Gasteiger partial charge in [0.15, 0.2) is 0 Å². The van der Waals surface area contributed by atoms with Gasteiger partial charge >= 0.3 is 0 Å². The zero-order valence-electron chi connectivity index (χ0n) is 15.9. The van der Waals surface area contributed by atoms with Gasteiger partial charge in [0.25, 0.3) is 0 Å². The molecule has 0 aliphatic carbocycles. The van der Waals surface area contributed by atoms with Crippen LogP contribution in [0.25, 0.3) is 11.3 Å². The third-order valence-electron chi connectivity index (χ3n) is 4.63. The molecule has 30 heavy (non-hydrogen) atoms. The lowest BCUT2D eigenvalue weighted by molar-refractivity contribution is 0.0230. The summed E-state index contributed by atoms with van der Waals surface area (Å²) in [5.41, 5.74) is 2.76. The van der Waals surface area contributed by atoms with Crippen molar-refractivity contribution in [1.82, 2.24) is 15.0 Å². The maximum absolute atomic E-state index is 14.5. The van der Waals surface area contributed by atoms with Crippen molar-refractivity contribution in [3.05, 3.63) is 107 Å². The number of ether oxygens (including phenoxy) is 1. The Bertz CT molecular complexity index is 1120. The molecule has 1 atom stereocenters. The normalized spacial score (nSPS) is 12.1. The molecule has 152 valence electrons. The first-order valence-corrected chi connectivity index (χ1v) is 9.73. The van der Waals surface area contributed by atoms with Gasteiger partial charge in [0.05, 0.1) is 19.3 Å². The van der Waals surface area contributed by atoms with Crippen LogP contribution in [0.5, 0.6) is 0 Å². The number of benzene rings is 3. The first kappa shape index (κ1) is 20.2. The maximum atomic E-state index is 14.5. The van der Waals surface area contributed by atoms with Crippen LogP contribution in [0.15, 0.2) is 79.0 Å². The van der Waals surface area contributed by atoms with Crippen molar-refractivity contribution in [2.45, 2.75) is 19.3 Å². The highest BCUT2D eigenvalue weighted by Crippen LogP contribution is 2.26. The van der Waals surface area contributed by atoms with Crippen LogP contribution in [0, 0.1) is 11.6 Å². The Labute approximate surface area is 177 Å². The lowest BCUT2D eigenvalue weighted by atomic mass is 10.1. The van der Waals surface area contributed by atoms with Crippen LogP contribution in [-0.2, 0) is 17.9 Å². The first-order chi connectivity index (χ1) is 14.6. The number of aromatic nitrogens is 3. The minimum atomic E-state index is -0.688. The molecule has 0 aliphatic heterocycles. The molecule has 0 spiro atoms. The maximum Gasteiger partial charge on any atom is 0.131 e. The van der Waals surface area contributed by atoms with Crippen LogP contribution in [-0.4, -0.2) is 15.0 Å². The molecule has 3 aromatic carbocycles. The molecule has 1 unspecified atom stereocenters. The Hall–Kier alpha value is -3.09. The fourth-order valence-corrected chi connectivity index (χ4v) is 3.21. The zero-order chi connectivity index (χ0) is 20.9. The van der Waals surface area contributed by atoms with Gasteiger partial charge in [-0.15, -0.1) is 5.10 Å². The molecule has 4 rings (SSSR count). The third-order valence-corrected chi connectivity index (χ3v) is 4.89. The molecule has 7 heteroatoms. The van der Waals surface area contributed by atoms with Crippen molar-refractivity contribution in [2.24, 2.45) is 0 Å². The number of rotatable bonds is 7. The van der Waals surface area contributed by atoms with Crippen LogP contribution >= 0.6 is 11.6 Å². The summed E-state index contributed by atoms with van der Waals surface area (Å²) < 4.78 is 35.5. The smallest absolute Gasteiger partial charge is 0.131 e. The van der Waals surface area contributed by atoms with Crippen molar-refractivity contribution in [3.63, 3.8) is 0 Å². The quantitative estimate of drug-likeness (QED) is 0.373. The molecular weight excluding hydrogens is 408 g/mol. The molecule has 1 heterocycles.